The van der Waals surface area contributed by atoms with Crippen LogP contribution in [0.25, 0.3) is 0 Å². The van der Waals surface area contributed by atoms with Crippen LogP contribution in [-0.2, 0) is 4.74 Å². The molecular weight excluding hydrogens is 275 g/mol. The predicted molar refractivity (Wildman–Crippen MR) is 61.7 cm³/mol. The topological polar surface area (TPSA) is 26.3 Å². The van der Waals surface area contributed by atoms with Gasteiger partial charge < -0.3 is 4.74 Å². The molecule has 0 amide bonds. The molecule has 4 heteroatoms. The van der Waals surface area contributed by atoms with E-state index in [4.69, 9.17) is 4.74 Å². The molecule has 0 N–H and O–H groups in total. The highest BCUT2D eigenvalue weighted by Crippen LogP contribution is 2.24. The van der Waals surface area contributed by atoms with E-state index in [1.807, 2.05) is 0 Å². The highest BCUT2D eigenvalue weighted by Gasteiger charge is 2.17. The Balaban J connectivity index is 2.30. The Kier molecular flexibility index (Phi) is 3.39. The summed E-state index contributed by atoms with van der Waals surface area (Å²) >= 11 is 3.19. The number of ether oxygens (including phenoxy) is 1. The standard InChI is InChI=1S/C12H10BrFO2/c13-11-6-9(14)3-4-10(11)12(15)8-2-1-5-16-7-8/h3-4,6-7H,1-2,5H2. The van der Waals surface area contributed by atoms with Gasteiger partial charge >= 0.3 is 0 Å². The third-order valence-electron chi connectivity index (χ3n) is 2.40. The largest absolute Gasteiger partial charge is 0.501 e. The Bertz CT molecular complexity index is 454. The third-order valence-corrected chi connectivity index (χ3v) is 3.06. The van der Waals surface area contributed by atoms with E-state index in [1.54, 1.807) is 0 Å². The van der Waals surface area contributed by atoms with Crippen molar-refractivity contribution in [2.45, 2.75) is 12.8 Å². The van der Waals surface area contributed by atoms with Gasteiger partial charge in [0.25, 0.3) is 0 Å². The molecule has 0 bridgehead atoms. The minimum atomic E-state index is -0.364. The lowest BCUT2D eigenvalue weighted by atomic mass is 10.00. The molecular formula is C12H10BrFO2. The highest BCUT2D eigenvalue weighted by molar-refractivity contribution is 9.10. The fourth-order valence-corrected chi connectivity index (χ4v) is 2.11. The zero-order chi connectivity index (χ0) is 11.5. The van der Waals surface area contributed by atoms with E-state index in [2.05, 4.69) is 15.9 Å². The van der Waals surface area contributed by atoms with Crippen molar-refractivity contribution in [1.82, 2.24) is 0 Å². The first-order valence-electron chi connectivity index (χ1n) is 4.99. The molecule has 16 heavy (non-hydrogen) atoms. The van der Waals surface area contributed by atoms with Crippen molar-refractivity contribution >= 4 is 21.7 Å². The average molecular weight is 285 g/mol. The monoisotopic (exact) mass is 284 g/mol. The number of benzene rings is 1. The van der Waals surface area contributed by atoms with Crippen molar-refractivity contribution in [3.05, 3.63) is 45.9 Å². The van der Waals surface area contributed by atoms with Gasteiger partial charge in [-0.3, -0.25) is 4.79 Å². The minimum absolute atomic E-state index is 0.105. The Morgan fingerprint density at radius 1 is 1.44 bits per heavy atom. The van der Waals surface area contributed by atoms with Gasteiger partial charge in [0.1, 0.15) is 5.82 Å². The summed E-state index contributed by atoms with van der Waals surface area (Å²) in [6.45, 7) is 0.654. The maximum atomic E-state index is 12.9. The Labute approximate surface area is 101 Å². The summed E-state index contributed by atoms with van der Waals surface area (Å²) in [5.41, 5.74) is 1.11. The van der Waals surface area contributed by atoms with Crippen LogP contribution in [0.5, 0.6) is 0 Å². The SMILES string of the molecule is O=C(C1=COCCC1)c1ccc(F)cc1Br. The zero-order valence-electron chi connectivity index (χ0n) is 8.50. The van der Waals surface area contributed by atoms with Gasteiger partial charge in [-0.1, -0.05) is 0 Å². The van der Waals surface area contributed by atoms with Crippen molar-refractivity contribution < 1.29 is 13.9 Å². The number of Topliss-reactive ketones (excluding diaryl/α,β-unsaturated/α-hetero) is 1. The molecule has 1 aromatic rings. The van der Waals surface area contributed by atoms with Crippen molar-refractivity contribution in [3.63, 3.8) is 0 Å². The molecule has 0 atom stereocenters. The second kappa shape index (κ2) is 4.78. The molecule has 1 aliphatic heterocycles. The van der Waals surface area contributed by atoms with Crippen LogP contribution in [0.1, 0.15) is 23.2 Å². The first-order valence-corrected chi connectivity index (χ1v) is 5.78. The van der Waals surface area contributed by atoms with Crippen molar-refractivity contribution in [1.29, 1.82) is 0 Å². The number of ketones is 1. The third kappa shape index (κ3) is 2.32. The van der Waals surface area contributed by atoms with E-state index in [9.17, 15) is 9.18 Å². The lowest BCUT2D eigenvalue weighted by Gasteiger charge is -2.13. The van der Waals surface area contributed by atoms with Gasteiger partial charge in [0.2, 0.25) is 0 Å². The lowest BCUT2D eigenvalue weighted by molar-refractivity contribution is 0.101. The molecule has 84 valence electrons. The Morgan fingerprint density at radius 2 is 2.25 bits per heavy atom. The van der Waals surface area contributed by atoms with Crippen molar-refractivity contribution in [3.8, 4) is 0 Å². The van der Waals surface area contributed by atoms with Crippen LogP contribution >= 0.6 is 15.9 Å². The van der Waals surface area contributed by atoms with Gasteiger partial charge in [-0.25, -0.2) is 4.39 Å². The van der Waals surface area contributed by atoms with E-state index in [1.165, 1.54) is 24.5 Å². The molecule has 1 heterocycles. The maximum Gasteiger partial charge on any atom is 0.193 e. The number of hydrogen-bond acceptors (Lipinski definition) is 2. The molecule has 0 unspecified atom stereocenters. The second-order valence-electron chi connectivity index (χ2n) is 3.57. The van der Waals surface area contributed by atoms with E-state index in [-0.39, 0.29) is 11.6 Å². The van der Waals surface area contributed by atoms with Crippen LogP contribution in [0.2, 0.25) is 0 Å². The highest BCUT2D eigenvalue weighted by atomic mass is 79.9. The number of carbonyl (C=O) groups is 1. The zero-order valence-corrected chi connectivity index (χ0v) is 10.1. The molecule has 0 spiro atoms. The van der Waals surface area contributed by atoms with E-state index in [0.717, 1.165) is 6.42 Å². The van der Waals surface area contributed by atoms with Gasteiger partial charge in [-0.15, -0.1) is 0 Å². The van der Waals surface area contributed by atoms with E-state index < -0.39 is 0 Å². The molecule has 0 radical (unpaired) electrons. The maximum absolute atomic E-state index is 12.9. The summed E-state index contributed by atoms with van der Waals surface area (Å²) in [6.07, 6.45) is 3.06. The number of carbonyl (C=O) groups excluding carboxylic acids is 1. The quantitative estimate of drug-likeness (QED) is 0.778. The molecule has 0 aliphatic carbocycles. The van der Waals surface area contributed by atoms with Gasteiger partial charge in [-0.05, 0) is 47.0 Å². The lowest BCUT2D eigenvalue weighted by Crippen LogP contribution is -2.10. The smallest absolute Gasteiger partial charge is 0.193 e. The summed E-state index contributed by atoms with van der Waals surface area (Å²) < 4.78 is 18.5. The molecule has 2 rings (SSSR count). The fourth-order valence-electron chi connectivity index (χ4n) is 1.58. The van der Waals surface area contributed by atoms with Gasteiger partial charge in [0.15, 0.2) is 5.78 Å². The van der Waals surface area contributed by atoms with Gasteiger partial charge in [0.05, 0.1) is 12.9 Å². The Hall–Kier alpha value is -1.16. The molecule has 0 saturated heterocycles. The minimum Gasteiger partial charge on any atom is -0.501 e. The van der Waals surface area contributed by atoms with Gasteiger partial charge in [0, 0.05) is 15.6 Å². The van der Waals surface area contributed by atoms with Crippen molar-refractivity contribution in [2.75, 3.05) is 6.61 Å². The number of hydrogen-bond donors (Lipinski definition) is 0. The molecule has 1 aromatic carbocycles. The summed E-state index contributed by atoms with van der Waals surface area (Å²) in [5, 5.41) is 0. The summed E-state index contributed by atoms with van der Waals surface area (Å²) in [4.78, 5) is 12.0. The van der Waals surface area contributed by atoms with Crippen LogP contribution in [-0.4, -0.2) is 12.4 Å². The van der Waals surface area contributed by atoms with Crippen molar-refractivity contribution in [2.24, 2.45) is 0 Å². The Morgan fingerprint density at radius 3 is 2.88 bits per heavy atom. The normalized spacial score (nSPS) is 15.2. The first-order chi connectivity index (χ1) is 7.68. The summed E-state index contributed by atoms with van der Waals surface area (Å²) in [7, 11) is 0. The van der Waals surface area contributed by atoms with E-state index in [0.29, 0.717) is 28.6 Å². The predicted octanol–water partition coefficient (Wildman–Crippen LogP) is 3.47. The molecule has 0 saturated carbocycles. The second-order valence-corrected chi connectivity index (χ2v) is 4.43. The molecule has 1 aliphatic rings. The summed E-state index contributed by atoms with van der Waals surface area (Å²) in [5.74, 6) is -0.469. The number of allylic oxidation sites excluding steroid dienone is 1. The van der Waals surface area contributed by atoms with Crippen LogP contribution < -0.4 is 0 Å². The fraction of sp³-hybridized carbons (Fsp3) is 0.250. The molecule has 0 aromatic heterocycles. The number of halogens is 2. The van der Waals surface area contributed by atoms with Crippen LogP contribution in [0, 0.1) is 5.82 Å². The molecule has 2 nitrogen and oxygen atoms in total. The average Bonchev–Trinajstić information content (AvgIpc) is 2.29. The van der Waals surface area contributed by atoms with Gasteiger partial charge in [-0.2, -0.15) is 0 Å². The number of rotatable bonds is 2. The van der Waals surface area contributed by atoms with Crippen LogP contribution in [0.4, 0.5) is 4.39 Å². The van der Waals surface area contributed by atoms with Crippen LogP contribution in [0.15, 0.2) is 34.5 Å². The molecule has 0 fully saturated rings. The summed E-state index contributed by atoms with van der Waals surface area (Å²) in [6, 6.07) is 4.05. The van der Waals surface area contributed by atoms with E-state index >= 15 is 0 Å². The first kappa shape index (κ1) is 11.3. The van der Waals surface area contributed by atoms with Crippen LogP contribution in [0.3, 0.4) is 0 Å².